The predicted molar refractivity (Wildman–Crippen MR) is 85.3 cm³/mol. The maximum atomic E-state index is 3.73. The van der Waals surface area contributed by atoms with Crippen LogP contribution in [0.1, 0.15) is 19.8 Å². The fourth-order valence-electron chi connectivity index (χ4n) is 3.42. The molecule has 2 aliphatic rings. The first-order valence-corrected chi connectivity index (χ1v) is 7.80. The van der Waals surface area contributed by atoms with Crippen molar-refractivity contribution in [1.82, 2.24) is 5.32 Å². The lowest BCUT2D eigenvalue weighted by Gasteiger charge is -2.40. The van der Waals surface area contributed by atoms with Crippen molar-refractivity contribution < 1.29 is 0 Å². The molecule has 0 radical (unpaired) electrons. The van der Waals surface area contributed by atoms with E-state index in [1.807, 2.05) is 0 Å². The normalized spacial score (nSPS) is 26.9. The highest BCUT2D eigenvalue weighted by atomic mass is 15.2. The number of nitrogens with one attached hydrogen (secondary N) is 1. The Bertz CT molecular complexity index is 618. The zero-order valence-electron chi connectivity index (χ0n) is 12.0. The lowest BCUT2D eigenvalue weighted by atomic mass is 10.0. The molecule has 1 N–H and O–H groups in total. The van der Waals surface area contributed by atoms with Crippen LogP contribution in [-0.2, 0) is 0 Å². The third-order valence-corrected chi connectivity index (χ3v) is 4.86. The Morgan fingerprint density at radius 2 is 1.85 bits per heavy atom. The van der Waals surface area contributed by atoms with Crippen molar-refractivity contribution in [2.24, 2.45) is 5.92 Å². The summed E-state index contributed by atoms with van der Waals surface area (Å²) < 4.78 is 0. The molecule has 2 atom stereocenters. The van der Waals surface area contributed by atoms with Crippen molar-refractivity contribution in [3.63, 3.8) is 0 Å². The molecule has 0 bridgehead atoms. The molecule has 0 aromatic heterocycles. The first kappa shape index (κ1) is 12.2. The zero-order valence-corrected chi connectivity index (χ0v) is 12.0. The smallest absolute Gasteiger partial charge is 0.0387 e. The van der Waals surface area contributed by atoms with Gasteiger partial charge in [0.1, 0.15) is 0 Å². The number of piperazine rings is 1. The van der Waals surface area contributed by atoms with Crippen LogP contribution in [0, 0.1) is 5.92 Å². The Morgan fingerprint density at radius 1 is 1.05 bits per heavy atom. The molecule has 2 nitrogen and oxygen atoms in total. The number of benzene rings is 2. The van der Waals surface area contributed by atoms with Gasteiger partial charge in [-0.2, -0.15) is 0 Å². The number of rotatable bonds is 2. The Labute approximate surface area is 120 Å². The lowest BCUT2D eigenvalue weighted by Crippen LogP contribution is -2.56. The van der Waals surface area contributed by atoms with Gasteiger partial charge in [-0.05, 0) is 48.6 Å². The minimum atomic E-state index is 0.575. The van der Waals surface area contributed by atoms with Crippen molar-refractivity contribution in [2.75, 3.05) is 18.0 Å². The van der Waals surface area contributed by atoms with E-state index < -0.39 is 0 Å². The molecule has 4 rings (SSSR count). The SMILES string of the molecule is CC1CNC(C2CC2)CN1c1ccc2ccccc2c1. The van der Waals surface area contributed by atoms with E-state index in [2.05, 4.69) is 59.6 Å². The lowest BCUT2D eigenvalue weighted by molar-refractivity contribution is 0.376. The van der Waals surface area contributed by atoms with Gasteiger partial charge >= 0.3 is 0 Å². The Morgan fingerprint density at radius 3 is 2.65 bits per heavy atom. The van der Waals surface area contributed by atoms with E-state index in [9.17, 15) is 0 Å². The molecule has 1 saturated heterocycles. The van der Waals surface area contributed by atoms with E-state index >= 15 is 0 Å². The van der Waals surface area contributed by atoms with Gasteiger partial charge in [0.05, 0.1) is 0 Å². The van der Waals surface area contributed by atoms with Crippen LogP contribution in [0.3, 0.4) is 0 Å². The van der Waals surface area contributed by atoms with Crippen molar-refractivity contribution in [3.8, 4) is 0 Å². The van der Waals surface area contributed by atoms with E-state index in [0.717, 1.165) is 19.0 Å². The molecule has 2 fully saturated rings. The van der Waals surface area contributed by atoms with Gasteiger partial charge in [-0.25, -0.2) is 0 Å². The molecule has 2 aromatic rings. The van der Waals surface area contributed by atoms with Gasteiger partial charge in [0.2, 0.25) is 0 Å². The Kier molecular flexibility index (Phi) is 2.92. The van der Waals surface area contributed by atoms with E-state index in [1.165, 1.54) is 29.3 Å². The fraction of sp³-hybridized carbons (Fsp3) is 0.444. The molecule has 1 aliphatic carbocycles. The van der Waals surface area contributed by atoms with Crippen LogP contribution in [0.4, 0.5) is 5.69 Å². The molecule has 0 spiro atoms. The summed E-state index contributed by atoms with van der Waals surface area (Å²) in [4.78, 5) is 2.59. The van der Waals surface area contributed by atoms with Crippen LogP contribution in [0.25, 0.3) is 10.8 Å². The van der Waals surface area contributed by atoms with Crippen LogP contribution >= 0.6 is 0 Å². The maximum absolute atomic E-state index is 3.73. The van der Waals surface area contributed by atoms with Crippen LogP contribution < -0.4 is 10.2 Å². The zero-order chi connectivity index (χ0) is 13.5. The minimum absolute atomic E-state index is 0.575. The number of hydrogen-bond donors (Lipinski definition) is 1. The molecule has 1 heterocycles. The Balaban J connectivity index is 1.65. The average molecular weight is 266 g/mol. The second-order valence-corrected chi connectivity index (χ2v) is 6.39. The summed E-state index contributed by atoms with van der Waals surface area (Å²) >= 11 is 0. The second-order valence-electron chi connectivity index (χ2n) is 6.39. The number of nitrogens with zero attached hydrogens (tertiary/aromatic N) is 1. The van der Waals surface area contributed by atoms with Gasteiger partial charge in [0, 0.05) is 30.9 Å². The third kappa shape index (κ3) is 2.18. The van der Waals surface area contributed by atoms with E-state index in [0.29, 0.717) is 12.1 Å². The third-order valence-electron chi connectivity index (χ3n) is 4.86. The molecule has 0 amide bonds. The quantitative estimate of drug-likeness (QED) is 0.896. The number of fused-ring (bicyclic) bond motifs is 1. The summed E-state index contributed by atoms with van der Waals surface area (Å²) in [6, 6.07) is 16.8. The molecule has 104 valence electrons. The van der Waals surface area contributed by atoms with E-state index in [4.69, 9.17) is 0 Å². The van der Waals surface area contributed by atoms with Gasteiger partial charge in [-0.3, -0.25) is 0 Å². The molecule has 2 aromatic carbocycles. The van der Waals surface area contributed by atoms with Gasteiger partial charge < -0.3 is 10.2 Å². The molecule has 1 aliphatic heterocycles. The first-order valence-electron chi connectivity index (χ1n) is 7.80. The van der Waals surface area contributed by atoms with Crippen LogP contribution in [-0.4, -0.2) is 25.2 Å². The summed E-state index contributed by atoms with van der Waals surface area (Å²) in [7, 11) is 0. The first-order chi connectivity index (χ1) is 9.81. The van der Waals surface area contributed by atoms with Crippen molar-refractivity contribution in [3.05, 3.63) is 42.5 Å². The molecular weight excluding hydrogens is 244 g/mol. The van der Waals surface area contributed by atoms with Crippen molar-refractivity contribution >= 4 is 16.5 Å². The topological polar surface area (TPSA) is 15.3 Å². The second kappa shape index (κ2) is 4.78. The highest BCUT2D eigenvalue weighted by Crippen LogP contribution is 2.35. The monoisotopic (exact) mass is 266 g/mol. The van der Waals surface area contributed by atoms with Crippen LogP contribution in [0.5, 0.6) is 0 Å². The van der Waals surface area contributed by atoms with Gasteiger partial charge in [0.25, 0.3) is 0 Å². The van der Waals surface area contributed by atoms with E-state index in [-0.39, 0.29) is 0 Å². The number of anilines is 1. The van der Waals surface area contributed by atoms with Crippen molar-refractivity contribution in [2.45, 2.75) is 31.8 Å². The fourth-order valence-corrected chi connectivity index (χ4v) is 3.42. The Hall–Kier alpha value is -1.54. The van der Waals surface area contributed by atoms with Crippen molar-refractivity contribution in [1.29, 1.82) is 0 Å². The van der Waals surface area contributed by atoms with E-state index in [1.54, 1.807) is 0 Å². The standard InChI is InChI=1S/C18H22N2/c1-13-11-19-18(15-6-7-15)12-20(13)17-9-8-14-4-2-3-5-16(14)10-17/h2-5,8-10,13,15,18-19H,6-7,11-12H2,1H3. The highest BCUT2D eigenvalue weighted by molar-refractivity contribution is 5.85. The average Bonchev–Trinajstić information content (AvgIpc) is 3.32. The predicted octanol–water partition coefficient (Wildman–Crippen LogP) is 3.42. The summed E-state index contributed by atoms with van der Waals surface area (Å²) in [5.41, 5.74) is 1.38. The summed E-state index contributed by atoms with van der Waals surface area (Å²) in [5, 5.41) is 6.40. The highest BCUT2D eigenvalue weighted by Gasteiger charge is 2.36. The van der Waals surface area contributed by atoms with Crippen LogP contribution in [0.2, 0.25) is 0 Å². The molecule has 2 unspecified atom stereocenters. The summed E-state index contributed by atoms with van der Waals surface area (Å²) in [5.74, 6) is 0.922. The summed E-state index contributed by atoms with van der Waals surface area (Å²) in [6.45, 7) is 4.59. The van der Waals surface area contributed by atoms with Crippen LogP contribution in [0.15, 0.2) is 42.5 Å². The van der Waals surface area contributed by atoms with Gasteiger partial charge in [-0.15, -0.1) is 0 Å². The largest absolute Gasteiger partial charge is 0.366 e. The van der Waals surface area contributed by atoms with Gasteiger partial charge in [0.15, 0.2) is 0 Å². The molecule has 1 saturated carbocycles. The minimum Gasteiger partial charge on any atom is -0.366 e. The van der Waals surface area contributed by atoms with Gasteiger partial charge in [-0.1, -0.05) is 30.3 Å². The summed E-state index contributed by atoms with van der Waals surface area (Å²) in [6.07, 6.45) is 2.83. The number of hydrogen-bond acceptors (Lipinski definition) is 2. The molecule has 20 heavy (non-hydrogen) atoms. The maximum Gasteiger partial charge on any atom is 0.0387 e. The molecule has 2 heteroatoms. The molecular formula is C18H22N2.